The van der Waals surface area contributed by atoms with Crippen LogP contribution < -0.4 is 5.32 Å². The van der Waals surface area contributed by atoms with Crippen LogP contribution in [0.2, 0.25) is 0 Å². The average molecular weight is 263 g/mol. The largest absolute Gasteiger partial charge is 0.481 e. The molecule has 102 valence electrons. The Bertz CT molecular complexity index is 508. The van der Waals surface area contributed by atoms with E-state index in [0.717, 1.165) is 11.1 Å². The molecule has 0 aromatic heterocycles. The first-order valence-corrected chi connectivity index (χ1v) is 5.99. The van der Waals surface area contributed by atoms with Gasteiger partial charge in [0.05, 0.1) is 13.0 Å². The Kier molecular flexibility index (Phi) is 5.23. The van der Waals surface area contributed by atoms with Crippen LogP contribution in [0.3, 0.4) is 0 Å². The molecular formula is C14H17NO4. The number of hydrogen-bond acceptors (Lipinski definition) is 3. The Hall–Kier alpha value is -2.17. The number of nitrogens with one attached hydrogen (secondary N) is 1. The molecule has 0 spiro atoms. The number of carboxylic acids is 1. The number of carboxylic acid groups (broad SMARTS) is 1. The number of amides is 1. The molecule has 0 aliphatic carbocycles. The zero-order chi connectivity index (χ0) is 14.4. The molecule has 1 aromatic carbocycles. The van der Waals surface area contributed by atoms with Crippen molar-refractivity contribution in [3.63, 3.8) is 0 Å². The minimum absolute atomic E-state index is 0.110. The van der Waals surface area contributed by atoms with Gasteiger partial charge in [0.1, 0.15) is 0 Å². The summed E-state index contributed by atoms with van der Waals surface area (Å²) in [6.07, 6.45) is -0.348. The lowest BCUT2D eigenvalue weighted by atomic mass is 10.0. The number of aliphatic carboxylic acids is 1. The highest BCUT2D eigenvalue weighted by Gasteiger charge is 2.10. The number of aryl methyl sites for hydroxylation is 2. The molecule has 1 aromatic rings. The molecular weight excluding hydrogens is 246 g/mol. The van der Waals surface area contributed by atoms with Crippen LogP contribution in [-0.4, -0.2) is 29.3 Å². The number of carbonyl (C=O) groups excluding carboxylic acids is 2. The van der Waals surface area contributed by atoms with E-state index in [1.165, 1.54) is 0 Å². The van der Waals surface area contributed by atoms with Crippen molar-refractivity contribution in [1.82, 2.24) is 5.32 Å². The zero-order valence-electron chi connectivity index (χ0n) is 11.0. The van der Waals surface area contributed by atoms with E-state index in [4.69, 9.17) is 5.11 Å². The van der Waals surface area contributed by atoms with E-state index in [1.54, 1.807) is 12.1 Å². The molecule has 19 heavy (non-hydrogen) atoms. The lowest BCUT2D eigenvalue weighted by Crippen LogP contribution is -2.29. The highest BCUT2D eigenvalue weighted by molar-refractivity contribution is 5.99. The Morgan fingerprint density at radius 1 is 1.11 bits per heavy atom. The summed E-state index contributed by atoms with van der Waals surface area (Å²) < 4.78 is 0. The third-order valence-electron chi connectivity index (χ3n) is 2.84. The molecule has 1 rings (SSSR count). The van der Waals surface area contributed by atoms with Crippen molar-refractivity contribution < 1.29 is 19.5 Å². The van der Waals surface area contributed by atoms with Crippen LogP contribution in [-0.2, 0) is 9.59 Å². The fraction of sp³-hybridized carbons (Fsp3) is 0.357. The van der Waals surface area contributed by atoms with Crippen molar-refractivity contribution in [3.05, 3.63) is 34.9 Å². The van der Waals surface area contributed by atoms with E-state index >= 15 is 0 Å². The molecule has 0 aliphatic heterocycles. The van der Waals surface area contributed by atoms with Gasteiger partial charge in [-0.2, -0.15) is 0 Å². The normalized spacial score (nSPS) is 10.0. The first-order valence-electron chi connectivity index (χ1n) is 5.99. The number of ketones is 1. The summed E-state index contributed by atoms with van der Waals surface area (Å²) in [4.78, 5) is 33.4. The van der Waals surface area contributed by atoms with Crippen molar-refractivity contribution in [2.75, 3.05) is 6.54 Å². The maximum Gasteiger partial charge on any atom is 0.303 e. The van der Waals surface area contributed by atoms with E-state index in [9.17, 15) is 14.4 Å². The second-order valence-electron chi connectivity index (χ2n) is 4.39. The third kappa shape index (κ3) is 4.91. The average Bonchev–Trinajstić information content (AvgIpc) is 2.36. The quantitative estimate of drug-likeness (QED) is 0.761. The number of benzene rings is 1. The minimum atomic E-state index is -1.03. The summed E-state index contributed by atoms with van der Waals surface area (Å²) in [5, 5.41) is 10.8. The molecule has 0 fully saturated rings. The predicted molar refractivity (Wildman–Crippen MR) is 70.1 cm³/mol. The van der Waals surface area contributed by atoms with Crippen LogP contribution >= 0.6 is 0 Å². The Morgan fingerprint density at radius 2 is 1.79 bits per heavy atom. The lowest BCUT2D eigenvalue weighted by molar-refractivity contribution is -0.138. The molecule has 0 radical (unpaired) electrons. The highest BCUT2D eigenvalue weighted by atomic mass is 16.4. The smallest absolute Gasteiger partial charge is 0.303 e. The number of carbonyl (C=O) groups is 3. The second kappa shape index (κ2) is 6.68. The molecule has 0 aliphatic rings. The summed E-state index contributed by atoms with van der Waals surface area (Å²) >= 11 is 0. The van der Waals surface area contributed by atoms with Gasteiger partial charge in [0, 0.05) is 12.0 Å². The molecule has 2 N–H and O–H groups in total. The van der Waals surface area contributed by atoms with Crippen molar-refractivity contribution in [3.8, 4) is 0 Å². The summed E-state index contributed by atoms with van der Waals surface area (Å²) in [6.45, 7) is 3.76. The van der Waals surface area contributed by atoms with E-state index in [2.05, 4.69) is 5.32 Å². The molecule has 0 bridgehead atoms. The van der Waals surface area contributed by atoms with Gasteiger partial charge < -0.3 is 10.4 Å². The first kappa shape index (κ1) is 14.9. The number of rotatable bonds is 6. The fourth-order valence-electron chi connectivity index (χ4n) is 1.50. The molecule has 1 amide bonds. The van der Waals surface area contributed by atoms with Gasteiger partial charge in [0.15, 0.2) is 5.78 Å². The van der Waals surface area contributed by atoms with Crippen LogP contribution in [0, 0.1) is 13.8 Å². The molecule has 5 nitrogen and oxygen atoms in total. The van der Waals surface area contributed by atoms with Gasteiger partial charge in [0.25, 0.3) is 0 Å². The Balaban J connectivity index is 2.49. The summed E-state index contributed by atoms with van der Waals surface area (Å²) in [5.74, 6) is -1.65. The van der Waals surface area contributed by atoms with E-state index < -0.39 is 11.9 Å². The van der Waals surface area contributed by atoms with E-state index in [0.29, 0.717) is 5.56 Å². The molecule has 0 unspecified atom stereocenters. The van der Waals surface area contributed by atoms with Gasteiger partial charge in [0.2, 0.25) is 5.91 Å². The fourth-order valence-corrected chi connectivity index (χ4v) is 1.50. The topological polar surface area (TPSA) is 83.5 Å². The lowest BCUT2D eigenvalue weighted by Gasteiger charge is -2.06. The molecule has 0 saturated heterocycles. The van der Waals surface area contributed by atoms with Crippen molar-refractivity contribution in [2.24, 2.45) is 0 Å². The SMILES string of the molecule is Cc1ccc(C(=O)CNC(=O)CCC(=O)O)cc1C. The zero-order valence-corrected chi connectivity index (χ0v) is 11.0. The maximum atomic E-state index is 11.8. The van der Waals surface area contributed by atoms with Gasteiger partial charge in [-0.05, 0) is 31.0 Å². The van der Waals surface area contributed by atoms with Crippen LogP contribution in [0.1, 0.15) is 34.3 Å². The summed E-state index contributed by atoms with van der Waals surface area (Å²) in [7, 11) is 0. The minimum Gasteiger partial charge on any atom is -0.481 e. The second-order valence-corrected chi connectivity index (χ2v) is 4.39. The van der Waals surface area contributed by atoms with E-state index in [-0.39, 0.29) is 25.2 Å². The summed E-state index contributed by atoms with van der Waals surface area (Å²) in [6, 6.07) is 5.35. The molecule has 0 saturated carbocycles. The summed E-state index contributed by atoms with van der Waals surface area (Å²) in [5.41, 5.74) is 2.66. The van der Waals surface area contributed by atoms with Crippen molar-refractivity contribution >= 4 is 17.7 Å². The molecule has 0 heterocycles. The predicted octanol–water partition coefficient (Wildman–Crippen LogP) is 1.47. The van der Waals surface area contributed by atoms with Crippen molar-refractivity contribution in [1.29, 1.82) is 0 Å². The van der Waals surface area contributed by atoms with Gasteiger partial charge >= 0.3 is 5.97 Å². The van der Waals surface area contributed by atoms with Crippen LogP contribution in [0.4, 0.5) is 0 Å². The van der Waals surface area contributed by atoms with Gasteiger partial charge in [-0.1, -0.05) is 12.1 Å². The van der Waals surface area contributed by atoms with Crippen LogP contribution in [0.15, 0.2) is 18.2 Å². The molecule has 0 atom stereocenters. The third-order valence-corrected chi connectivity index (χ3v) is 2.84. The molecule has 5 heteroatoms. The Labute approximate surface area is 111 Å². The highest BCUT2D eigenvalue weighted by Crippen LogP contribution is 2.10. The first-order chi connectivity index (χ1) is 8.90. The monoisotopic (exact) mass is 263 g/mol. The van der Waals surface area contributed by atoms with Gasteiger partial charge in [-0.25, -0.2) is 0 Å². The van der Waals surface area contributed by atoms with Crippen molar-refractivity contribution in [2.45, 2.75) is 26.7 Å². The Morgan fingerprint density at radius 3 is 2.37 bits per heavy atom. The van der Waals surface area contributed by atoms with Crippen LogP contribution in [0.25, 0.3) is 0 Å². The van der Waals surface area contributed by atoms with Crippen LogP contribution in [0.5, 0.6) is 0 Å². The van der Waals surface area contributed by atoms with Gasteiger partial charge in [-0.15, -0.1) is 0 Å². The number of Topliss-reactive ketones (excluding diaryl/α,β-unsaturated/α-hetero) is 1. The van der Waals surface area contributed by atoms with Gasteiger partial charge in [-0.3, -0.25) is 14.4 Å². The van der Waals surface area contributed by atoms with E-state index in [1.807, 2.05) is 19.9 Å². The standard InChI is InChI=1S/C14H17NO4/c1-9-3-4-11(7-10(9)2)12(16)8-15-13(17)5-6-14(18)19/h3-4,7H,5-6,8H2,1-2H3,(H,15,17)(H,18,19). The maximum absolute atomic E-state index is 11.8. The number of hydrogen-bond donors (Lipinski definition) is 2.